The Hall–Kier alpha value is -3.52. The molecule has 4 aromatic heterocycles. The molecule has 8 heteroatoms. The molecule has 172 valence electrons. The molecule has 5 aromatic rings. The summed E-state index contributed by atoms with van der Waals surface area (Å²) in [5.41, 5.74) is 9.15. The minimum Gasteiger partial charge on any atom is -0.354 e. The van der Waals surface area contributed by atoms with Gasteiger partial charge in [0.05, 0.1) is 17.4 Å². The van der Waals surface area contributed by atoms with Gasteiger partial charge in [0.15, 0.2) is 5.65 Å². The van der Waals surface area contributed by atoms with E-state index in [0.717, 1.165) is 53.7 Å². The summed E-state index contributed by atoms with van der Waals surface area (Å²) in [4.78, 5) is 26.9. The van der Waals surface area contributed by atoms with Crippen LogP contribution in [0.25, 0.3) is 33.2 Å². The van der Waals surface area contributed by atoms with Gasteiger partial charge in [-0.2, -0.15) is 5.10 Å². The van der Waals surface area contributed by atoms with Crippen LogP contribution in [0.4, 0.5) is 0 Å². The number of aromatic amines is 2. The van der Waals surface area contributed by atoms with Crippen LogP contribution in [0.1, 0.15) is 60.1 Å². The van der Waals surface area contributed by atoms with Crippen molar-refractivity contribution >= 4 is 39.2 Å². The summed E-state index contributed by atoms with van der Waals surface area (Å²) in [7, 11) is 0. The summed E-state index contributed by atoms with van der Waals surface area (Å²) in [6.07, 6.45) is 5.61. The van der Waals surface area contributed by atoms with E-state index >= 15 is 0 Å². The molecule has 1 amide bonds. The number of fused-ring (bicyclic) bond motifs is 2. The van der Waals surface area contributed by atoms with Gasteiger partial charge < -0.3 is 9.88 Å². The van der Waals surface area contributed by atoms with E-state index in [1.165, 1.54) is 27.8 Å². The molecule has 1 fully saturated rings. The maximum atomic E-state index is 12.7. The second kappa shape index (κ2) is 8.36. The Morgan fingerprint density at radius 1 is 1.15 bits per heavy atom. The van der Waals surface area contributed by atoms with E-state index in [2.05, 4.69) is 63.3 Å². The van der Waals surface area contributed by atoms with E-state index in [0.29, 0.717) is 17.5 Å². The first kappa shape index (κ1) is 21.0. The van der Waals surface area contributed by atoms with Crippen molar-refractivity contribution in [2.75, 3.05) is 13.1 Å². The molecule has 0 aliphatic carbocycles. The number of nitrogens with one attached hydrogen (secondary N) is 2. The maximum Gasteiger partial charge on any atom is 0.273 e. The van der Waals surface area contributed by atoms with Crippen LogP contribution in [0.5, 0.6) is 0 Å². The zero-order valence-corrected chi connectivity index (χ0v) is 20.0. The Morgan fingerprint density at radius 2 is 2.00 bits per heavy atom. The molecular weight excluding hydrogens is 444 g/mol. The Bertz CT molecular complexity index is 1470. The van der Waals surface area contributed by atoms with Crippen molar-refractivity contribution in [2.24, 2.45) is 0 Å². The summed E-state index contributed by atoms with van der Waals surface area (Å²) in [5.74, 6) is 0.853. The Kier molecular flexibility index (Phi) is 5.17. The van der Waals surface area contributed by atoms with Gasteiger partial charge in [0.25, 0.3) is 5.91 Å². The van der Waals surface area contributed by atoms with Crippen LogP contribution in [0.3, 0.4) is 0 Å². The number of nitrogens with zero attached hydrogens (tertiary/aromatic N) is 4. The highest BCUT2D eigenvalue weighted by molar-refractivity contribution is 7.07. The second-order valence-electron chi connectivity index (χ2n) is 9.30. The largest absolute Gasteiger partial charge is 0.354 e. The smallest absolute Gasteiger partial charge is 0.273 e. The zero-order valence-electron chi connectivity index (χ0n) is 19.2. The van der Waals surface area contributed by atoms with Gasteiger partial charge in [0, 0.05) is 46.5 Å². The quantitative estimate of drug-likeness (QED) is 0.352. The molecule has 34 heavy (non-hydrogen) atoms. The predicted molar refractivity (Wildman–Crippen MR) is 135 cm³/mol. The minimum atomic E-state index is 0.0513. The molecule has 5 heterocycles. The first-order valence-electron chi connectivity index (χ1n) is 11.7. The van der Waals surface area contributed by atoms with Crippen LogP contribution >= 0.6 is 11.3 Å². The third kappa shape index (κ3) is 3.49. The first-order valence-corrected chi connectivity index (χ1v) is 12.7. The number of likely N-dealkylation sites (tertiary alicyclic amines) is 1. The monoisotopic (exact) mass is 470 g/mol. The van der Waals surface area contributed by atoms with Crippen molar-refractivity contribution in [3.05, 3.63) is 64.4 Å². The lowest BCUT2D eigenvalue weighted by atomic mass is 9.87. The SMILES string of the molecule is CC(C)c1c(-c2ccnc3[nH]ncc23)[nH]c2ccc(C3CCN(C(=O)c4cscn4)CC3)cc12. The molecule has 1 aliphatic heterocycles. The number of aromatic nitrogens is 5. The summed E-state index contributed by atoms with van der Waals surface area (Å²) in [5, 5.41) is 11.3. The molecule has 0 atom stereocenters. The average molecular weight is 471 g/mol. The van der Waals surface area contributed by atoms with Crippen molar-refractivity contribution in [2.45, 2.75) is 38.5 Å². The van der Waals surface area contributed by atoms with Crippen molar-refractivity contribution < 1.29 is 4.79 Å². The van der Waals surface area contributed by atoms with Crippen LogP contribution in [-0.4, -0.2) is 49.0 Å². The Labute approximate surface area is 201 Å². The van der Waals surface area contributed by atoms with E-state index < -0.39 is 0 Å². The van der Waals surface area contributed by atoms with Crippen molar-refractivity contribution in [1.82, 2.24) is 30.0 Å². The highest BCUT2D eigenvalue weighted by atomic mass is 32.1. The highest BCUT2D eigenvalue weighted by Crippen LogP contribution is 2.39. The van der Waals surface area contributed by atoms with Crippen LogP contribution < -0.4 is 0 Å². The topological polar surface area (TPSA) is 90.6 Å². The van der Waals surface area contributed by atoms with Gasteiger partial charge in [-0.1, -0.05) is 19.9 Å². The number of rotatable bonds is 4. The minimum absolute atomic E-state index is 0.0513. The second-order valence-corrected chi connectivity index (χ2v) is 10.0. The fraction of sp³-hybridized carbons (Fsp3) is 0.308. The zero-order chi connectivity index (χ0) is 23.2. The summed E-state index contributed by atoms with van der Waals surface area (Å²) >= 11 is 1.47. The number of carbonyl (C=O) groups excluding carboxylic acids is 1. The summed E-state index contributed by atoms with van der Waals surface area (Å²) in [6, 6.07) is 8.88. The van der Waals surface area contributed by atoms with Gasteiger partial charge in [-0.3, -0.25) is 9.89 Å². The number of carbonyl (C=O) groups is 1. The molecular formula is C26H26N6OS. The lowest BCUT2D eigenvalue weighted by Gasteiger charge is -2.32. The number of thiazole rings is 1. The van der Waals surface area contributed by atoms with Gasteiger partial charge in [-0.05, 0) is 54.0 Å². The Morgan fingerprint density at radius 3 is 2.76 bits per heavy atom. The van der Waals surface area contributed by atoms with Gasteiger partial charge in [-0.25, -0.2) is 9.97 Å². The summed E-state index contributed by atoms with van der Waals surface area (Å²) < 4.78 is 0. The normalized spacial score (nSPS) is 15.1. The van der Waals surface area contributed by atoms with E-state index in [-0.39, 0.29) is 5.91 Å². The third-order valence-electron chi connectivity index (χ3n) is 6.97. The number of pyridine rings is 1. The number of benzene rings is 1. The van der Waals surface area contributed by atoms with Gasteiger partial charge in [0.2, 0.25) is 0 Å². The van der Waals surface area contributed by atoms with Gasteiger partial charge >= 0.3 is 0 Å². The number of amides is 1. The first-order chi connectivity index (χ1) is 16.6. The maximum absolute atomic E-state index is 12.7. The molecule has 0 saturated carbocycles. The van der Waals surface area contributed by atoms with Crippen molar-refractivity contribution in [3.63, 3.8) is 0 Å². The number of H-pyrrole nitrogens is 2. The molecule has 1 aliphatic rings. The molecule has 0 unspecified atom stereocenters. The lowest BCUT2D eigenvalue weighted by molar-refractivity contribution is 0.0708. The number of piperidine rings is 1. The molecule has 0 radical (unpaired) electrons. The standard InChI is InChI=1S/C26H26N6OS/c1-15(2)23-19-11-17(16-6-9-32(10-7-16)26(33)22-13-34-14-28-22)3-4-21(19)30-24(23)18-5-8-27-25-20(18)12-29-31-25/h3-5,8,11-16,30H,6-7,9-10H2,1-2H3,(H,27,29,31). The molecule has 2 N–H and O–H groups in total. The van der Waals surface area contributed by atoms with Gasteiger partial charge in [0.1, 0.15) is 5.69 Å². The molecule has 0 bridgehead atoms. The fourth-order valence-corrected chi connectivity index (χ4v) is 5.79. The fourth-order valence-electron chi connectivity index (χ4n) is 5.26. The van der Waals surface area contributed by atoms with E-state index in [1.807, 2.05) is 22.7 Å². The van der Waals surface area contributed by atoms with Crippen LogP contribution in [0, 0.1) is 0 Å². The molecule has 7 nitrogen and oxygen atoms in total. The van der Waals surface area contributed by atoms with Crippen molar-refractivity contribution in [1.29, 1.82) is 0 Å². The average Bonchev–Trinajstić information content (AvgIpc) is 3.62. The van der Waals surface area contributed by atoms with E-state index in [1.54, 1.807) is 5.51 Å². The predicted octanol–water partition coefficient (Wildman–Crippen LogP) is 5.71. The van der Waals surface area contributed by atoms with Crippen molar-refractivity contribution in [3.8, 4) is 11.3 Å². The molecule has 1 aromatic carbocycles. The lowest BCUT2D eigenvalue weighted by Crippen LogP contribution is -2.38. The van der Waals surface area contributed by atoms with Crippen LogP contribution in [0.15, 0.2) is 47.5 Å². The van der Waals surface area contributed by atoms with Gasteiger partial charge in [-0.15, -0.1) is 11.3 Å². The molecule has 6 rings (SSSR count). The highest BCUT2D eigenvalue weighted by Gasteiger charge is 2.26. The van der Waals surface area contributed by atoms with Crippen LogP contribution in [0.2, 0.25) is 0 Å². The van der Waals surface area contributed by atoms with E-state index in [9.17, 15) is 4.79 Å². The van der Waals surface area contributed by atoms with E-state index in [4.69, 9.17) is 0 Å². The Balaban J connectivity index is 1.32. The molecule has 1 saturated heterocycles. The molecule has 0 spiro atoms. The summed E-state index contributed by atoms with van der Waals surface area (Å²) in [6.45, 7) is 6.03. The third-order valence-corrected chi connectivity index (χ3v) is 7.56. The number of hydrogen-bond acceptors (Lipinski definition) is 5. The van der Waals surface area contributed by atoms with Crippen LogP contribution in [-0.2, 0) is 0 Å². The number of hydrogen-bond donors (Lipinski definition) is 2.